The van der Waals surface area contributed by atoms with Crippen LogP contribution in [0.15, 0.2) is 54.6 Å². The number of anilines is 1. The molecule has 1 fully saturated rings. The van der Waals surface area contributed by atoms with Crippen molar-refractivity contribution in [3.05, 3.63) is 65.7 Å². The molecule has 162 valence electrons. The predicted molar refractivity (Wildman–Crippen MR) is 124 cm³/mol. The lowest BCUT2D eigenvalue weighted by Crippen LogP contribution is -2.35. The molecule has 2 aromatic rings. The van der Waals surface area contributed by atoms with Gasteiger partial charge in [-0.25, -0.2) is 0 Å². The molecule has 1 saturated heterocycles. The Morgan fingerprint density at radius 3 is 2.68 bits per heavy atom. The average Bonchev–Trinajstić information content (AvgIpc) is 3.30. The van der Waals surface area contributed by atoms with Gasteiger partial charge in [-0.15, -0.1) is 0 Å². The maximum Gasteiger partial charge on any atom is 0.253 e. The number of benzene rings is 2. The van der Waals surface area contributed by atoms with E-state index in [-0.39, 0.29) is 23.0 Å². The number of carbonyl (C=O) groups excluding carboxylic acids is 2. The largest absolute Gasteiger partial charge is 0.497 e. The van der Waals surface area contributed by atoms with Gasteiger partial charge in [0.1, 0.15) is 5.75 Å². The Morgan fingerprint density at radius 1 is 1.19 bits per heavy atom. The highest BCUT2D eigenvalue weighted by atomic mass is 32.1. The van der Waals surface area contributed by atoms with Crippen LogP contribution >= 0.6 is 12.2 Å². The van der Waals surface area contributed by atoms with E-state index in [9.17, 15) is 9.59 Å². The van der Waals surface area contributed by atoms with Crippen molar-refractivity contribution in [2.24, 2.45) is 0 Å². The van der Waals surface area contributed by atoms with Gasteiger partial charge in [-0.2, -0.15) is 0 Å². The van der Waals surface area contributed by atoms with Crippen LogP contribution in [-0.2, 0) is 9.53 Å². The van der Waals surface area contributed by atoms with E-state index in [1.807, 2.05) is 24.3 Å². The zero-order valence-corrected chi connectivity index (χ0v) is 18.0. The first-order chi connectivity index (χ1) is 15.0. The van der Waals surface area contributed by atoms with Gasteiger partial charge in [0.05, 0.1) is 24.5 Å². The summed E-state index contributed by atoms with van der Waals surface area (Å²) >= 11 is 5.23. The summed E-state index contributed by atoms with van der Waals surface area (Å²) in [5.41, 5.74) is 1.80. The third-order valence-corrected chi connectivity index (χ3v) is 4.92. The highest BCUT2D eigenvalue weighted by molar-refractivity contribution is 7.80. The van der Waals surface area contributed by atoms with Crippen molar-refractivity contribution in [1.29, 1.82) is 0 Å². The van der Waals surface area contributed by atoms with Crippen molar-refractivity contribution >= 4 is 40.9 Å². The third kappa shape index (κ3) is 6.91. The fourth-order valence-corrected chi connectivity index (χ4v) is 3.30. The summed E-state index contributed by atoms with van der Waals surface area (Å²) in [4.78, 5) is 24.7. The Labute approximate surface area is 186 Å². The predicted octanol–water partition coefficient (Wildman–Crippen LogP) is 3.13. The van der Waals surface area contributed by atoms with E-state index < -0.39 is 0 Å². The van der Waals surface area contributed by atoms with Gasteiger partial charge in [0.25, 0.3) is 5.91 Å². The molecule has 0 saturated carbocycles. The molecular weight excluding hydrogens is 414 g/mol. The van der Waals surface area contributed by atoms with Crippen molar-refractivity contribution < 1.29 is 19.1 Å². The molecule has 1 unspecified atom stereocenters. The summed E-state index contributed by atoms with van der Waals surface area (Å²) in [5.74, 6) is 0.131. The zero-order valence-electron chi connectivity index (χ0n) is 17.2. The van der Waals surface area contributed by atoms with Crippen LogP contribution in [0.25, 0.3) is 6.08 Å². The Hall–Kier alpha value is -3.23. The van der Waals surface area contributed by atoms with Crippen LogP contribution in [0.4, 0.5) is 5.69 Å². The molecule has 2 aromatic carbocycles. The lowest BCUT2D eigenvalue weighted by molar-refractivity contribution is -0.115. The SMILES string of the molecule is COc1ccc(/C=C/C(=O)NC(=S)Nc2ccccc2C(=O)NCC2CCCO2)cc1. The number of nitrogens with one attached hydrogen (secondary N) is 3. The van der Waals surface area contributed by atoms with Gasteiger partial charge >= 0.3 is 0 Å². The first-order valence-corrected chi connectivity index (χ1v) is 10.4. The maximum absolute atomic E-state index is 12.6. The van der Waals surface area contributed by atoms with E-state index in [0.29, 0.717) is 17.8 Å². The minimum absolute atomic E-state index is 0.0573. The quantitative estimate of drug-likeness (QED) is 0.454. The van der Waals surface area contributed by atoms with Crippen molar-refractivity contribution in [2.75, 3.05) is 25.6 Å². The Morgan fingerprint density at radius 2 is 1.97 bits per heavy atom. The average molecular weight is 440 g/mol. The number of amides is 2. The summed E-state index contributed by atoms with van der Waals surface area (Å²) in [6.07, 6.45) is 5.07. The van der Waals surface area contributed by atoms with Gasteiger partial charge in [-0.3, -0.25) is 14.9 Å². The molecule has 1 heterocycles. The number of rotatable bonds is 7. The molecule has 8 heteroatoms. The summed E-state index contributed by atoms with van der Waals surface area (Å²) in [6.45, 7) is 1.20. The van der Waals surface area contributed by atoms with Crippen molar-refractivity contribution in [3.63, 3.8) is 0 Å². The standard InChI is InChI=1S/C23H25N3O4S/c1-29-17-11-8-16(9-12-17)10-13-21(27)26-23(31)25-20-7-3-2-6-19(20)22(28)24-15-18-5-4-14-30-18/h2-3,6-13,18H,4-5,14-15H2,1H3,(H,24,28)(H2,25,26,27,31)/b13-10+. The van der Waals surface area contributed by atoms with Crippen molar-refractivity contribution in [2.45, 2.75) is 18.9 Å². The second-order valence-corrected chi connectivity index (χ2v) is 7.35. The molecule has 1 atom stereocenters. The van der Waals surface area contributed by atoms with Crippen molar-refractivity contribution in [3.8, 4) is 5.75 Å². The van der Waals surface area contributed by atoms with E-state index >= 15 is 0 Å². The second kappa shape index (κ2) is 11.2. The van der Waals surface area contributed by atoms with Crippen LogP contribution in [0.5, 0.6) is 5.75 Å². The summed E-state index contributed by atoms with van der Waals surface area (Å²) < 4.78 is 10.6. The molecule has 0 bridgehead atoms. The first-order valence-electron chi connectivity index (χ1n) is 9.98. The molecule has 1 aliphatic rings. The molecule has 0 spiro atoms. The third-order valence-electron chi connectivity index (χ3n) is 4.71. The highest BCUT2D eigenvalue weighted by Crippen LogP contribution is 2.16. The van der Waals surface area contributed by atoms with Crippen LogP contribution in [0.3, 0.4) is 0 Å². The molecule has 7 nitrogen and oxygen atoms in total. The lowest BCUT2D eigenvalue weighted by Gasteiger charge is -2.14. The lowest BCUT2D eigenvalue weighted by atomic mass is 10.1. The van der Waals surface area contributed by atoms with Gasteiger partial charge in [0, 0.05) is 19.2 Å². The molecule has 1 aliphatic heterocycles. The number of methoxy groups -OCH3 is 1. The Bertz CT molecular complexity index is 954. The van der Waals surface area contributed by atoms with E-state index in [0.717, 1.165) is 30.8 Å². The number of para-hydroxylation sites is 1. The second-order valence-electron chi connectivity index (χ2n) is 6.94. The summed E-state index contributed by atoms with van der Waals surface area (Å²) in [7, 11) is 1.60. The van der Waals surface area contributed by atoms with Crippen LogP contribution in [0.2, 0.25) is 0 Å². The molecule has 0 radical (unpaired) electrons. The molecule has 31 heavy (non-hydrogen) atoms. The van der Waals surface area contributed by atoms with Gasteiger partial charge in [-0.1, -0.05) is 24.3 Å². The molecule has 2 amide bonds. The Balaban J connectivity index is 1.53. The fourth-order valence-electron chi connectivity index (χ4n) is 3.09. The molecular formula is C23H25N3O4S. The fraction of sp³-hybridized carbons (Fsp3) is 0.261. The number of ether oxygens (including phenoxy) is 2. The van der Waals surface area contributed by atoms with E-state index in [2.05, 4.69) is 16.0 Å². The molecule has 0 aliphatic carbocycles. The van der Waals surface area contributed by atoms with Crippen LogP contribution in [-0.4, -0.2) is 43.3 Å². The molecule has 3 N–H and O–H groups in total. The normalized spacial score (nSPS) is 15.5. The van der Waals surface area contributed by atoms with Crippen LogP contribution in [0, 0.1) is 0 Å². The summed E-state index contributed by atoms with van der Waals surface area (Å²) in [5, 5.41) is 8.49. The number of thiocarbonyl (C=S) groups is 1. The number of hydrogen-bond donors (Lipinski definition) is 3. The number of carbonyl (C=O) groups is 2. The maximum atomic E-state index is 12.6. The van der Waals surface area contributed by atoms with Crippen LogP contribution < -0.4 is 20.7 Å². The smallest absolute Gasteiger partial charge is 0.253 e. The minimum atomic E-state index is -0.381. The monoisotopic (exact) mass is 439 g/mol. The summed E-state index contributed by atoms with van der Waals surface area (Å²) in [6, 6.07) is 14.3. The van der Waals surface area contributed by atoms with Crippen molar-refractivity contribution in [1.82, 2.24) is 10.6 Å². The van der Waals surface area contributed by atoms with E-state index in [1.54, 1.807) is 37.5 Å². The van der Waals surface area contributed by atoms with Gasteiger partial charge in [0.15, 0.2) is 5.11 Å². The topological polar surface area (TPSA) is 88.7 Å². The highest BCUT2D eigenvalue weighted by Gasteiger charge is 2.18. The van der Waals surface area contributed by atoms with Gasteiger partial charge < -0.3 is 20.1 Å². The van der Waals surface area contributed by atoms with E-state index in [4.69, 9.17) is 21.7 Å². The van der Waals surface area contributed by atoms with Gasteiger partial charge in [0.2, 0.25) is 5.91 Å². The van der Waals surface area contributed by atoms with E-state index in [1.165, 1.54) is 6.08 Å². The van der Waals surface area contributed by atoms with Crippen LogP contribution in [0.1, 0.15) is 28.8 Å². The molecule has 0 aromatic heterocycles. The minimum Gasteiger partial charge on any atom is -0.497 e. The first kappa shape index (κ1) is 22.5. The number of hydrogen-bond acceptors (Lipinski definition) is 5. The zero-order chi connectivity index (χ0) is 22.1. The Kier molecular flexibility index (Phi) is 8.14. The van der Waals surface area contributed by atoms with Gasteiger partial charge in [-0.05, 0) is 61.0 Å². The molecule has 3 rings (SSSR count).